The number of rotatable bonds is 13. The molecule has 5 aliphatic heterocycles. The first-order valence-electron chi connectivity index (χ1n) is 26.8. The first kappa shape index (κ1) is 53.3. The van der Waals surface area contributed by atoms with Crippen LogP contribution in [0.1, 0.15) is 71.0 Å². The number of nitrogens with one attached hydrogen (secondary N) is 1. The van der Waals surface area contributed by atoms with E-state index >= 15 is 19.2 Å². The Kier molecular flexibility index (Phi) is 15.0. The zero-order valence-corrected chi connectivity index (χ0v) is 44.8. The number of cyclic esters (lactones) is 1. The maximum Gasteiger partial charge on any atom is 0.329 e. The highest BCUT2D eigenvalue weighted by Gasteiger charge is 2.76. The van der Waals surface area contributed by atoms with Crippen LogP contribution in [0.5, 0.6) is 23.0 Å². The second-order valence-corrected chi connectivity index (χ2v) is 20.7. The number of morpholine rings is 1. The summed E-state index contributed by atoms with van der Waals surface area (Å²) in [5, 5.41) is 12.8. The lowest BCUT2D eigenvalue weighted by Gasteiger charge is -2.46. The van der Waals surface area contributed by atoms with Crippen LogP contribution in [0.15, 0.2) is 146 Å². The van der Waals surface area contributed by atoms with Gasteiger partial charge in [-0.2, -0.15) is 0 Å². The maximum absolute atomic E-state index is 17.0. The van der Waals surface area contributed by atoms with E-state index in [2.05, 4.69) is 22.1 Å². The molecule has 6 aromatic rings. The van der Waals surface area contributed by atoms with Crippen LogP contribution in [-0.2, 0) is 40.6 Å². The summed E-state index contributed by atoms with van der Waals surface area (Å²) in [6.07, 6.45) is -0.965. The van der Waals surface area contributed by atoms with Crippen molar-refractivity contribution in [2.75, 3.05) is 65.3 Å². The van der Waals surface area contributed by atoms with Gasteiger partial charge in [0.15, 0.2) is 11.5 Å². The van der Waals surface area contributed by atoms with E-state index in [1.165, 1.54) is 7.11 Å². The molecule has 3 fully saturated rings. The van der Waals surface area contributed by atoms with Crippen molar-refractivity contribution < 1.29 is 57.5 Å². The molecule has 11 rings (SSSR count). The highest BCUT2D eigenvalue weighted by Crippen LogP contribution is 2.66. The lowest BCUT2D eigenvalue weighted by atomic mass is 9.64. The Morgan fingerprint density at radius 3 is 2.12 bits per heavy atom. The summed E-state index contributed by atoms with van der Waals surface area (Å²) in [5.41, 5.74) is 2.26. The Bertz CT molecular complexity index is 3380. The Balaban J connectivity index is 1.14. The van der Waals surface area contributed by atoms with Crippen molar-refractivity contribution in [1.29, 1.82) is 0 Å². The Morgan fingerprint density at radius 1 is 0.738 bits per heavy atom. The number of aliphatic hydroxyl groups is 1. The molecule has 17 nitrogen and oxygen atoms in total. The van der Waals surface area contributed by atoms with Crippen LogP contribution in [0.25, 0.3) is 0 Å². The van der Waals surface area contributed by atoms with Gasteiger partial charge in [-0.15, -0.1) is 0 Å². The number of aliphatic hydroxyl groups excluding tert-OH is 1. The molecule has 0 saturated carbocycles. The monoisotopic (exact) mass is 1080 g/mol. The number of methoxy groups -OCH3 is 2. The van der Waals surface area contributed by atoms with Crippen LogP contribution in [0.3, 0.4) is 0 Å². The molecular weight excluding hydrogens is 1020 g/mol. The molecule has 0 aliphatic carbocycles. The van der Waals surface area contributed by atoms with Crippen LogP contribution in [0.4, 0.5) is 10.5 Å². The van der Waals surface area contributed by atoms with Crippen LogP contribution in [0.2, 0.25) is 0 Å². The number of ether oxygens (including phenoxy) is 6. The molecular formula is C63H61N5O12. The number of fused-ring (bicyclic) bond motifs is 4. The van der Waals surface area contributed by atoms with Crippen molar-refractivity contribution in [2.45, 2.75) is 56.1 Å². The van der Waals surface area contributed by atoms with E-state index < -0.39 is 77.3 Å². The number of benzene rings is 6. The Morgan fingerprint density at radius 2 is 1.43 bits per heavy atom. The third kappa shape index (κ3) is 9.73. The molecule has 17 heteroatoms. The van der Waals surface area contributed by atoms with Crippen LogP contribution >= 0.6 is 0 Å². The van der Waals surface area contributed by atoms with Gasteiger partial charge in [0.05, 0.1) is 44.5 Å². The number of urea groups is 1. The van der Waals surface area contributed by atoms with Crippen molar-refractivity contribution in [1.82, 2.24) is 20.0 Å². The molecule has 1 spiro atoms. The number of anilines is 1. The summed E-state index contributed by atoms with van der Waals surface area (Å²) in [6.45, 7) is 5.22. The number of carbonyl (C=O) groups is 5. The van der Waals surface area contributed by atoms with Gasteiger partial charge in [0.25, 0.3) is 0 Å². The summed E-state index contributed by atoms with van der Waals surface area (Å²) in [5.74, 6) is 4.07. The summed E-state index contributed by atoms with van der Waals surface area (Å²) in [6, 6.07) is 38.5. The quantitative estimate of drug-likeness (QED) is 0.0881. The molecule has 0 aromatic heterocycles. The number of imide groups is 1. The fourth-order valence-electron chi connectivity index (χ4n) is 12.2. The number of amides is 4. The van der Waals surface area contributed by atoms with Crippen LogP contribution < -0.4 is 29.2 Å². The number of hydrogen-bond donors (Lipinski definition) is 2. The minimum Gasteiger partial charge on any atom is -0.497 e. The largest absolute Gasteiger partial charge is 0.497 e. The number of piperazine rings is 1. The van der Waals surface area contributed by atoms with Crippen molar-refractivity contribution in [3.63, 3.8) is 0 Å². The second-order valence-electron chi connectivity index (χ2n) is 20.7. The SMILES string of the molecule is COC(=O)C(NC(=O)N1C(=O)C2(c3cc(C#Cc4ccc(OC)cc4)ccc31)C(C(=O)N1CCN(Cc3ccc4c(c3)OCO4)CC1)C1C(=O)OC(c3ccccc3)C(c3ccccc3)N1C2c1cccc(OCCO)c1)C(C)C. The van der Waals surface area contributed by atoms with Gasteiger partial charge in [0.1, 0.15) is 41.7 Å². The van der Waals surface area contributed by atoms with Gasteiger partial charge in [0, 0.05) is 43.9 Å². The molecule has 0 radical (unpaired) electrons. The normalized spacial score (nSPS) is 22.4. The molecule has 4 amide bonds. The van der Waals surface area contributed by atoms with Gasteiger partial charge >= 0.3 is 18.0 Å². The van der Waals surface area contributed by atoms with Crippen LogP contribution in [0, 0.1) is 23.7 Å². The first-order chi connectivity index (χ1) is 38.9. The minimum atomic E-state index is -2.12. The molecule has 7 unspecified atom stereocenters. The summed E-state index contributed by atoms with van der Waals surface area (Å²) in [7, 11) is 2.80. The van der Waals surface area contributed by atoms with Gasteiger partial charge in [-0.05, 0) is 100 Å². The van der Waals surface area contributed by atoms with E-state index in [4.69, 9.17) is 28.4 Å². The third-order valence-electron chi connectivity index (χ3n) is 15.8. The minimum absolute atomic E-state index is 0.0500. The predicted octanol–water partition coefficient (Wildman–Crippen LogP) is 7.11. The zero-order chi connectivity index (χ0) is 55.7. The van der Waals surface area contributed by atoms with Crippen molar-refractivity contribution in [3.05, 3.63) is 185 Å². The topological polar surface area (TPSA) is 186 Å². The van der Waals surface area contributed by atoms with Gasteiger partial charge in [-0.1, -0.05) is 105 Å². The molecule has 410 valence electrons. The van der Waals surface area contributed by atoms with E-state index in [0.29, 0.717) is 64.9 Å². The van der Waals surface area contributed by atoms with Gasteiger partial charge in [0.2, 0.25) is 18.6 Å². The number of esters is 2. The molecule has 7 atom stereocenters. The van der Waals surface area contributed by atoms with Gasteiger partial charge in [-0.25, -0.2) is 14.5 Å². The summed E-state index contributed by atoms with van der Waals surface area (Å²) < 4.78 is 34.6. The fraction of sp³-hybridized carbons (Fsp3) is 0.317. The van der Waals surface area contributed by atoms with Gasteiger partial charge < -0.3 is 43.7 Å². The number of nitrogens with zero attached hydrogens (tertiary/aromatic N) is 4. The number of carbonyl (C=O) groups excluding carboxylic acids is 5. The lowest BCUT2D eigenvalue weighted by molar-refractivity contribution is -0.179. The summed E-state index contributed by atoms with van der Waals surface area (Å²) in [4.78, 5) is 85.2. The van der Waals surface area contributed by atoms with E-state index in [-0.39, 0.29) is 44.3 Å². The lowest BCUT2D eigenvalue weighted by Crippen LogP contribution is -2.59. The first-order valence-corrected chi connectivity index (χ1v) is 26.8. The Hall–Kier alpha value is -8.69. The zero-order valence-electron chi connectivity index (χ0n) is 44.8. The molecule has 5 heterocycles. The smallest absolute Gasteiger partial charge is 0.329 e. The highest BCUT2D eigenvalue weighted by atomic mass is 16.7. The average Bonchev–Trinajstić information content (AvgIpc) is 4.18. The molecule has 3 saturated heterocycles. The molecule has 6 aromatic carbocycles. The van der Waals surface area contributed by atoms with Crippen molar-refractivity contribution in [3.8, 4) is 34.8 Å². The van der Waals surface area contributed by atoms with E-state index in [1.54, 1.807) is 74.4 Å². The highest BCUT2D eigenvalue weighted by molar-refractivity contribution is 6.25. The molecule has 80 heavy (non-hydrogen) atoms. The van der Waals surface area contributed by atoms with E-state index in [9.17, 15) is 9.90 Å². The third-order valence-corrected chi connectivity index (χ3v) is 15.8. The fourth-order valence-corrected chi connectivity index (χ4v) is 12.2. The second kappa shape index (κ2) is 22.6. The number of hydrogen-bond acceptors (Lipinski definition) is 14. The molecule has 2 N–H and O–H groups in total. The molecule has 5 aliphatic rings. The van der Waals surface area contributed by atoms with Crippen molar-refractivity contribution >= 4 is 35.5 Å². The van der Waals surface area contributed by atoms with E-state index in [1.807, 2.05) is 102 Å². The van der Waals surface area contributed by atoms with Gasteiger partial charge in [-0.3, -0.25) is 24.2 Å². The van der Waals surface area contributed by atoms with Crippen molar-refractivity contribution in [2.24, 2.45) is 11.8 Å². The predicted molar refractivity (Wildman–Crippen MR) is 294 cm³/mol. The average molecular weight is 1080 g/mol. The molecule has 0 bridgehead atoms. The van der Waals surface area contributed by atoms with E-state index in [0.717, 1.165) is 16.0 Å². The summed E-state index contributed by atoms with van der Waals surface area (Å²) >= 11 is 0. The Labute approximate surface area is 463 Å². The maximum atomic E-state index is 17.0. The standard InChI is InChI=1S/C63H61N5O12/c1-39(2)53(59(71)76-4)64-62(74)67-49-26-22-41(19-18-40-20-24-46(75-3)25-21-40)34-48(49)63(61(67)73)52(58(70)66-30-28-65(29-31-66)37-42-23-27-50-51(35-42)79-38-78-50)55-60(72)80-56(44-14-9-6-10-15-44)54(43-12-7-5-8-13-43)68(55)57(63)45-16-11-17-47(36-45)77-33-32-69/h5-17,20-27,34-36,39,52-57,69H,28-33,37-38H2,1-4H3,(H,64,74). The van der Waals surface area contributed by atoms with Crippen LogP contribution in [-0.4, -0.2) is 122 Å².